The van der Waals surface area contributed by atoms with Crippen LogP contribution in [0.2, 0.25) is 0 Å². The minimum absolute atomic E-state index is 0.171. The highest BCUT2D eigenvalue weighted by molar-refractivity contribution is 9.10. The lowest BCUT2D eigenvalue weighted by Crippen LogP contribution is -2.37. The third-order valence-electron chi connectivity index (χ3n) is 3.65. The van der Waals surface area contributed by atoms with Gasteiger partial charge in [-0.2, -0.15) is 5.10 Å². The topological polar surface area (TPSA) is 109 Å². The number of nitrogens with one attached hydrogen (secondary N) is 3. The van der Waals surface area contributed by atoms with Crippen LogP contribution in [0.5, 0.6) is 5.75 Å². The summed E-state index contributed by atoms with van der Waals surface area (Å²) >= 11 is 3.34. The molecule has 30 heavy (non-hydrogen) atoms. The van der Waals surface area contributed by atoms with Gasteiger partial charge in [-0.05, 0) is 37.3 Å². The number of hydrogen-bond acceptors (Lipinski definition) is 5. The van der Waals surface area contributed by atoms with Crippen molar-refractivity contribution in [2.45, 2.75) is 6.92 Å². The summed E-state index contributed by atoms with van der Waals surface area (Å²) in [6.45, 7) is 5.36. The van der Waals surface area contributed by atoms with E-state index >= 15 is 0 Å². The SMILES string of the molecule is C=CCNC(=O)C(=O)N/N=C\c1cc(Br)ccc1OCC(=O)Nc1ccc(C)cc1. The standard InChI is InChI=1S/C21H21BrN4O4/c1-3-10-23-20(28)21(29)26-24-12-15-11-16(22)6-9-18(15)30-13-19(27)25-17-7-4-14(2)5-8-17/h3-9,11-12H,1,10,13H2,2H3,(H,23,28)(H,25,27)(H,26,29)/b24-12-. The maximum absolute atomic E-state index is 12.1. The van der Waals surface area contributed by atoms with Crippen LogP contribution in [-0.4, -0.2) is 37.1 Å². The Kier molecular flexibility index (Phi) is 8.76. The second-order valence-electron chi connectivity index (χ2n) is 6.08. The molecular formula is C21H21BrN4O4. The first-order valence-corrected chi connectivity index (χ1v) is 9.69. The maximum atomic E-state index is 12.1. The van der Waals surface area contributed by atoms with E-state index in [0.717, 1.165) is 10.0 Å². The molecule has 0 radical (unpaired) electrons. The van der Waals surface area contributed by atoms with Crippen molar-refractivity contribution in [3.63, 3.8) is 0 Å². The number of carbonyl (C=O) groups excluding carboxylic acids is 3. The molecule has 0 bridgehead atoms. The Labute approximate surface area is 182 Å². The van der Waals surface area contributed by atoms with Crippen LogP contribution in [-0.2, 0) is 14.4 Å². The van der Waals surface area contributed by atoms with Gasteiger partial charge in [0.2, 0.25) is 0 Å². The van der Waals surface area contributed by atoms with Gasteiger partial charge >= 0.3 is 11.8 Å². The molecule has 0 saturated carbocycles. The smallest absolute Gasteiger partial charge is 0.329 e. The number of hydrazone groups is 1. The van der Waals surface area contributed by atoms with Gasteiger partial charge in [0.15, 0.2) is 6.61 Å². The minimum atomic E-state index is -0.914. The van der Waals surface area contributed by atoms with Gasteiger partial charge in [-0.1, -0.05) is 39.7 Å². The fraction of sp³-hybridized carbons (Fsp3) is 0.143. The molecule has 156 valence electrons. The zero-order valence-corrected chi connectivity index (χ0v) is 17.9. The Morgan fingerprint density at radius 1 is 1.13 bits per heavy atom. The third kappa shape index (κ3) is 7.51. The average Bonchev–Trinajstić information content (AvgIpc) is 2.73. The summed E-state index contributed by atoms with van der Waals surface area (Å²) in [4.78, 5) is 35.3. The molecule has 0 aliphatic carbocycles. The van der Waals surface area contributed by atoms with Crippen LogP contribution in [0, 0.1) is 6.92 Å². The molecule has 9 heteroatoms. The Morgan fingerprint density at radius 2 is 1.87 bits per heavy atom. The van der Waals surface area contributed by atoms with Gasteiger partial charge in [-0.3, -0.25) is 14.4 Å². The number of ether oxygens (including phenoxy) is 1. The monoisotopic (exact) mass is 472 g/mol. The van der Waals surface area contributed by atoms with E-state index in [9.17, 15) is 14.4 Å². The molecule has 2 aromatic rings. The molecule has 0 aliphatic heterocycles. The third-order valence-corrected chi connectivity index (χ3v) is 4.14. The first kappa shape index (κ1) is 22.8. The number of amides is 3. The molecular weight excluding hydrogens is 452 g/mol. The molecule has 2 rings (SSSR count). The number of aryl methyl sites for hydroxylation is 1. The van der Waals surface area contributed by atoms with Gasteiger partial charge in [0.1, 0.15) is 5.75 Å². The summed E-state index contributed by atoms with van der Waals surface area (Å²) < 4.78 is 6.33. The Balaban J connectivity index is 1.96. The average molecular weight is 473 g/mol. The van der Waals surface area contributed by atoms with Crippen molar-refractivity contribution in [1.29, 1.82) is 0 Å². The van der Waals surface area contributed by atoms with Gasteiger partial charge in [0, 0.05) is 22.3 Å². The van der Waals surface area contributed by atoms with E-state index in [-0.39, 0.29) is 19.1 Å². The zero-order valence-electron chi connectivity index (χ0n) is 16.3. The van der Waals surface area contributed by atoms with Crippen molar-refractivity contribution in [1.82, 2.24) is 10.7 Å². The predicted molar refractivity (Wildman–Crippen MR) is 118 cm³/mol. The summed E-state index contributed by atoms with van der Waals surface area (Å²) in [5.74, 6) is -1.68. The normalized spacial score (nSPS) is 10.3. The van der Waals surface area contributed by atoms with Crippen LogP contribution in [0.1, 0.15) is 11.1 Å². The van der Waals surface area contributed by atoms with E-state index in [0.29, 0.717) is 17.0 Å². The minimum Gasteiger partial charge on any atom is -0.483 e. The van der Waals surface area contributed by atoms with Crippen molar-refractivity contribution >= 4 is 45.6 Å². The summed E-state index contributed by atoms with van der Waals surface area (Å²) in [7, 11) is 0. The van der Waals surface area contributed by atoms with Crippen molar-refractivity contribution in [2.24, 2.45) is 5.10 Å². The van der Waals surface area contributed by atoms with Gasteiger partial charge in [0.05, 0.1) is 6.21 Å². The van der Waals surface area contributed by atoms with Crippen LogP contribution in [0.4, 0.5) is 5.69 Å². The molecule has 8 nitrogen and oxygen atoms in total. The van der Waals surface area contributed by atoms with Crippen molar-refractivity contribution in [3.05, 3.63) is 70.7 Å². The predicted octanol–water partition coefficient (Wildman–Crippen LogP) is 2.53. The molecule has 0 saturated heterocycles. The van der Waals surface area contributed by atoms with Gasteiger partial charge < -0.3 is 15.4 Å². The highest BCUT2D eigenvalue weighted by Crippen LogP contribution is 2.22. The molecule has 2 aromatic carbocycles. The molecule has 0 aromatic heterocycles. The summed E-state index contributed by atoms with van der Waals surface area (Å²) in [6, 6.07) is 12.5. The number of anilines is 1. The highest BCUT2D eigenvalue weighted by Gasteiger charge is 2.11. The van der Waals surface area contributed by atoms with Crippen LogP contribution >= 0.6 is 15.9 Å². The number of nitrogens with zero attached hydrogens (tertiary/aromatic N) is 1. The van der Waals surface area contributed by atoms with E-state index in [4.69, 9.17) is 4.74 Å². The molecule has 0 spiro atoms. The van der Waals surface area contributed by atoms with E-state index in [1.807, 2.05) is 19.1 Å². The van der Waals surface area contributed by atoms with Crippen molar-refractivity contribution in [2.75, 3.05) is 18.5 Å². The Bertz CT molecular complexity index is 958. The molecule has 0 aliphatic rings. The van der Waals surface area contributed by atoms with Crippen LogP contribution < -0.4 is 20.8 Å². The van der Waals surface area contributed by atoms with Crippen molar-refractivity contribution < 1.29 is 19.1 Å². The van der Waals surface area contributed by atoms with Gasteiger partial charge in [0.25, 0.3) is 5.91 Å². The summed E-state index contributed by atoms with van der Waals surface area (Å²) in [6.07, 6.45) is 2.77. The molecule has 3 amide bonds. The van der Waals surface area contributed by atoms with Crippen LogP contribution in [0.25, 0.3) is 0 Å². The van der Waals surface area contributed by atoms with Gasteiger partial charge in [-0.15, -0.1) is 6.58 Å². The number of carbonyl (C=O) groups is 3. The van der Waals surface area contributed by atoms with E-state index in [2.05, 4.69) is 43.7 Å². The Hall–Kier alpha value is -3.46. The fourth-order valence-electron chi connectivity index (χ4n) is 2.19. The number of rotatable bonds is 8. The first-order valence-electron chi connectivity index (χ1n) is 8.90. The molecule has 0 heterocycles. The first-order chi connectivity index (χ1) is 14.4. The zero-order chi connectivity index (χ0) is 21.9. The van der Waals surface area contributed by atoms with E-state index < -0.39 is 11.8 Å². The second-order valence-corrected chi connectivity index (χ2v) is 7.00. The molecule has 0 unspecified atom stereocenters. The number of benzene rings is 2. The largest absolute Gasteiger partial charge is 0.483 e. The molecule has 0 atom stereocenters. The van der Waals surface area contributed by atoms with E-state index in [1.165, 1.54) is 12.3 Å². The molecule has 3 N–H and O–H groups in total. The Morgan fingerprint density at radius 3 is 2.57 bits per heavy atom. The highest BCUT2D eigenvalue weighted by atomic mass is 79.9. The number of halogens is 1. The number of hydrogen-bond donors (Lipinski definition) is 3. The lowest BCUT2D eigenvalue weighted by atomic mass is 10.2. The summed E-state index contributed by atoms with van der Waals surface area (Å²) in [5.41, 5.74) is 4.38. The fourth-order valence-corrected chi connectivity index (χ4v) is 2.56. The molecule has 0 fully saturated rings. The van der Waals surface area contributed by atoms with Gasteiger partial charge in [-0.25, -0.2) is 5.43 Å². The van der Waals surface area contributed by atoms with Crippen LogP contribution in [0.3, 0.4) is 0 Å². The lowest BCUT2D eigenvalue weighted by molar-refractivity contribution is -0.139. The summed E-state index contributed by atoms with van der Waals surface area (Å²) in [5, 5.41) is 8.84. The second kappa shape index (κ2) is 11.5. The van der Waals surface area contributed by atoms with Crippen LogP contribution in [0.15, 0.2) is 64.7 Å². The lowest BCUT2D eigenvalue weighted by Gasteiger charge is -2.10. The van der Waals surface area contributed by atoms with E-state index in [1.54, 1.807) is 30.3 Å². The quantitative estimate of drug-likeness (QED) is 0.237. The maximum Gasteiger partial charge on any atom is 0.329 e. The van der Waals surface area contributed by atoms with Crippen molar-refractivity contribution in [3.8, 4) is 5.75 Å².